The van der Waals surface area contributed by atoms with Crippen molar-refractivity contribution < 1.29 is 4.39 Å². The van der Waals surface area contributed by atoms with E-state index in [0.717, 1.165) is 29.4 Å². The summed E-state index contributed by atoms with van der Waals surface area (Å²) in [7, 11) is 0. The number of aryl methyl sites for hydroxylation is 1. The number of hydrogen-bond acceptors (Lipinski definition) is 1. The van der Waals surface area contributed by atoms with E-state index in [2.05, 4.69) is 52.4 Å². The monoisotopic (exact) mass is 349 g/mol. The predicted octanol–water partition coefficient (Wildman–Crippen LogP) is 4.66. The molecule has 2 aromatic rings. The lowest BCUT2D eigenvalue weighted by Gasteiger charge is -2.14. The Bertz CT molecular complexity index is 580. The van der Waals surface area contributed by atoms with Crippen LogP contribution in [0.1, 0.15) is 23.6 Å². The number of benzene rings is 2. The van der Waals surface area contributed by atoms with E-state index in [1.54, 1.807) is 6.07 Å². The summed E-state index contributed by atoms with van der Waals surface area (Å²) >= 11 is 3.45. The molecule has 0 fully saturated rings. The van der Waals surface area contributed by atoms with Crippen molar-refractivity contribution in [1.29, 1.82) is 0 Å². The second-order valence-electron chi connectivity index (χ2n) is 5.51. The van der Waals surface area contributed by atoms with Gasteiger partial charge in [0, 0.05) is 10.5 Å². The molecule has 0 bridgehead atoms. The van der Waals surface area contributed by atoms with Crippen molar-refractivity contribution in [3.63, 3.8) is 0 Å². The third-order valence-corrected chi connectivity index (χ3v) is 4.18. The summed E-state index contributed by atoms with van der Waals surface area (Å²) in [6.07, 6.45) is 1.94. The highest BCUT2D eigenvalue weighted by atomic mass is 79.9. The second-order valence-corrected chi connectivity index (χ2v) is 6.42. The summed E-state index contributed by atoms with van der Waals surface area (Å²) in [4.78, 5) is 0. The Kier molecular flexibility index (Phi) is 5.95. The van der Waals surface area contributed by atoms with Gasteiger partial charge in [-0.15, -0.1) is 0 Å². The fourth-order valence-corrected chi connectivity index (χ4v) is 2.70. The quantitative estimate of drug-likeness (QED) is 0.799. The van der Waals surface area contributed by atoms with Crippen LogP contribution in [0, 0.1) is 12.7 Å². The number of rotatable bonds is 6. The molecule has 0 aromatic heterocycles. The predicted molar refractivity (Wildman–Crippen MR) is 90.2 cm³/mol. The first-order chi connectivity index (χ1) is 10.0. The molecule has 0 saturated heterocycles. The summed E-state index contributed by atoms with van der Waals surface area (Å²) in [5, 5.41) is 3.53. The number of nitrogens with one attached hydrogen (secondary N) is 1. The largest absolute Gasteiger partial charge is 0.314 e. The van der Waals surface area contributed by atoms with Gasteiger partial charge in [0.15, 0.2) is 0 Å². The average Bonchev–Trinajstić information content (AvgIpc) is 2.44. The van der Waals surface area contributed by atoms with E-state index in [4.69, 9.17) is 0 Å². The molecular formula is C18H21BrFN. The van der Waals surface area contributed by atoms with E-state index in [-0.39, 0.29) is 5.82 Å². The fraction of sp³-hybridized carbons (Fsp3) is 0.333. The molecule has 1 N–H and O–H groups in total. The molecule has 0 aliphatic rings. The first-order valence-corrected chi connectivity index (χ1v) is 8.07. The Morgan fingerprint density at radius 1 is 1.14 bits per heavy atom. The smallest absolute Gasteiger partial charge is 0.123 e. The minimum atomic E-state index is -0.159. The van der Waals surface area contributed by atoms with Crippen molar-refractivity contribution in [2.24, 2.45) is 0 Å². The van der Waals surface area contributed by atoms with Crippen molar-refractivity contribution in [2.75, 3.05) is 6.54 Å². The van der Waals surface area contributed by atoms with Gasteiger partial charge in [-0.3, -0.25) is 0 Å². The topological polar surface area (TPSA) is 12.0 Å². The maximum Gasteiger partial charge on any atom is 0.123 e. The molecule has 0 heterocycles. The van der Waals surface area contributed by atoms with E-state index in [0.29, 0.717) is 6.04 Å². The summed E-state index contributed by atoms with van der Waals surface area (Å²) < 4.78 is 14.2. The van der Waals surface area contributed by atoms with Crippen LogP contribution in [0.3, 0.4) is 0 Å². The molecule has 0 amide bonds. The van der Waals surface area contributed by atoms with Crippen LogP contribution in [0.15, 0.2) is 46.9 Å². The molecule has 0 radical (unpaired) electrons. The zero-order valence-corrected chi connectivity index (χ0v) is 14.1. The molecule has 1 nitrogen and oxygen atoms in total. The van der Waals surface area contributed by atoms with Gasteiger partial charge in [0.25, 0.3) is 0 Å². The Balaban J connectivity index is 1.78. The van der Waals surface area contributed by atoms with Gasteiger partial charge in [0.2, 0.25) is 0 Å². The van der Waals surface area contributed by atoms with Crippen molar-refractivity contribution in [2.45, 2.75) is 32.7 Å². The van der Waals surface area contributed by atoms with Crippen LogP contribution in [0.4, 0.5) is 4.39 Å². The van der Waals surface area contributed by atoms with Gasteiger partial charge in [-0.1, -0.05) is 34.1 Å². The van der Waals surface area contributed by atoms with Crippen LogP contribution in [-0.4, -0.2) is 12.6 Å². The van der Waals surface area contributed by atoms with Crippen molar-refractivity contribution in [3.8, 4) is 0 Å². The Morgan fingerprint density at radius 2 is 1.86 bits per heavy atom. The molecule has 21 heavy (non-hydrogen) atoms. The zero-order valence-electron chi connectivity index (χ0n) is 12.5. The maximum atomic E-state index is 13.0. The summed E-state index contributed by atoms with van der Waals surface area (Å²) in [6.45, 7) is 5.06. The van der Waals surface area contributed by atoms with E-state index >= 15 is 0 Å². The number of halogens is 2. The standard InChI is InChI=1S/C18H21BrFN/c1-13-11-18(20)8-5-16(13)9-10-21-14(2)12-15-3-6-17(19)7-4-15/h3-8,11,14,21H,9-10,12H2,1-2H3. The molecule has 0 spiro atoms. The molecule has 0 aliphatic carbocycles. The Labute approximate surface area is 134 Å². The molecule has 1 unspecified atom stereocenters. The van der Waals surface area contributed by atoms with Crippen LogP contribution in [0.25, 0.3) is 0 Å². The summed E-state index contributed by atoms with van der Waals surface area (Å²) in [6, 6.07) is 13.9. The minimum Gasteiger partial charge on any atom is -0.314 e. The zero-order chi connectivity index (χ0) is 15.2. The first kappa shape index (κ1) is 16.2. The molecule has 112 valence electrons. The fourth-order valence-electron chi connectivity index (χ4n) is 2.44. The highest BCUT2D eigenvalue weighted by Gasteiger charge is 2.04. The van der Waals surface area contributed by atoms with Gasteiger partial charge >= 0.3 is 0 Å². The van der Waals surface area contributed by atoms with Crippen LogP contribution < -0.4 is 5.32 Å². The third-order valence-electron chi connectivity index (χ3n) is 3.65. The lowest BCUT2D eigenvalue weighted by atomic mass is 10.0. The Hall–Kier alpha value is -1.19. The molecule has 0 saturated carbocycles. The second kappa shape index (κ2) is 7.71. The van der Waals surface area contributed by atoms with Crippen LogP contribution >= 0.6 is 15.9 Å². The van der Waals surface area contributed by atoms with E-state index in [1.807, 2.05) is 13.0 Å². The van der Waals surface area contributed by atoms with Crippen molar-refractivity contribution in [3.05, 3.63) is 69.4 Å². The van der Waals surface area contributed by atoms with E-state index in [1.165, 1.54) is 17.2 Å². The van der Waals surface area contributed by atoms with E-state index in [9.17, 15) is 4.39 Å². The van der Waals surface area contributed by atoms with Crippen LogP contribution in [0.5, 0.6) is 0 Å². The van der Waals surface area contributed by atoms with Crippen LogP contribution in [0.2, 0.25) is 0 Å². The molecule has 3 heteroatoms. The maximum absolute atomic E-state index is 13.0. The SMILES string of the molecule is Cc1cc(F)ccc1CCNC(C)Cc1ccc(Br)cc1. The lowest BCUT2D eigenvalue weighted by Crippen LogP contribution is -2.30. The van der Waals surface area contributed by atoms with Gasteiger partial charge in [0.05, 0.1) is 0 Å². The summed E-state index contributed by atoms with van der Waals surface area (Å²) in [5.74, 6) is -0.159. The van der Waals surface area contributed by atoms with Gasteiger partial charge in [0.1, 0.15) is 5.82 Å². The highest BCUT2D eigenvalue weighted by Crippen LogP contribution is 2.12. The molecular weight excluding hydrogens is 329 g/mol. The van der Waals surface area contributed by atoms with Crippen molar-refractivity contribution in [1.82, 2.24) is 5.32 Å². The van der Waals surface area contributed by atoms with Gasteiger partial charge in [-0.05, 0) is 74.2 Å². The molecule has 2 aromatic carbocycles. The third kappa shape index (κ3) is 5.25. The van der Waals surface area contributed by atoms with Crippen molar-refractivity contribution >= 4 is 15.9 Å². The lowest BCUT2D eigenvalue weighted by molar-refractivity contribution is 0.547. The van der Waals surface area contributed by atoms with Gasteiger partial charge in [-0.2, -0.15) is 0 Å². The highest BCUT2D eigenvalue weighted by molar-refractivity contribution is 9.10. The van der Waals surface area contributed by atoms with Crippen LogP contribution in [-0.2, 0) is 12.8 Å². The van der Waals surface area contributed by atoms with Gasteiger partial charge in [-0.25, -0.2) is 4.39 Å². The summed E-state index contributed by atoms with van der Waals surface area (Å²) in [5.41, 5.74) is 3.56. The number of hydrogen-bond donors (Lipinski definition) is 1. The van der Waals surface area contributed by atoms with E-state index < -0.39 is 0 Å². The molecule has 1 atom stereocenters. The Morgan fingerprint density at radius 3 is 2.52 bits per heavy atom. The van der Waals surface area contributed by atoms with Gasteiger partial charge < -0.3 is 5.32 Å². The normalized spacial score (nSPS) is 12.4. The first-order valence-electron chi connectivity index (χ1n) is 7.27. The average molecular weight is 350 g/mol. The minimum absolute atomic E-state index is 0.159. The molecule has 2 rings (SSSR count). The molecule has 0 aliphatic heterocycles.